The second-order valence-electron chi connectivity index (χ2n) is 9.74. The van der Waals surface area contributed by atoms with Crippen molar-refractivity contribution in [1.82, 2.24) is 0 Å². The molecule has 4 rings (SSSR count). The molecular formula is C24H36O12S4. The van der Waals surface area contributed by atoms with Crippen LogP contribution in [0.5, 0.6) is 0 Å². The highest BCUT2D eigenvalue weighted by molar-refractivity contribution is 8.06. The third kappa shape index (κ3) is 7.09. The molecule has 1 aromatic rings. The quantitative estimate of drug-likeness (QED) is 0.127. The second kappa shape index (κ2) is 14.7. The van der Waals surface area contributed by atoms with Crippen molar-refractivity contribution in [2.24, 2.45) is 0 Å². The third-order valence-corrected chi connectivity index (χ3v) is 12.4. The first-order chi connectivity index (χ1) is 19.1. The Morgan fingerprint density at radius 2 is 1.00 bits per heavy atom. The van der Waals surface area contributed by atoms with E-state index in [-0.39, 0.29) is 0 Å². The number of thiol groups is 1. The number of hydrogen-bond acceptors (Lipinski definition) is 16. The first kappa shape index (κ1) is 33.0. The number of aliphatic hydroxyl groups excluding tert-OH is 9. The van der Waals surface area contributed by atoms with Gasteiger partial charge in [0, 0.05) is 4.90 Å². The van der Waals surface area contributed by atoms with Gasteiger partial charge in [-0.25, -0.2) is 0 Å². The highest BCUT2D eigenvalue weighted by Crippen LogP contribution is 2.47. The summed E-state index contributed by atoms with van der Waals surface area (Å²) >= 11 is 7.60. The molecule has 3 aliphatic rings. The van der Waals surface area contributed by atoms with Gasteiger partial charge in [0.25, 0.3) is 0 Å². The molecular weight excluding hydrogens is 609 g/mol. The van der Waals surface area contributed by atoms with E-state index in [0.29, 0.717) is 0 Å². The molecule has 0 radical (unpaired) electrons. The lowest BCUT2D eigenvalue weighted by Gasteiger charge is -2.48. The molecule has 40 heavy (non-hydrogen) atoms. The second-order valence-corrected chi connectivity index (χ2v) is 14.1. The molecule has 0 unspecified atom stereocenters. The van der Waals surface area contributed by atoms with E-state index in [2.05, 4.69) is 12.6 Å². The van der Waals surface area contributed by atoms with Crippen LogP contribution in [0.1, 0.15) is 0 Å². The van der Waals surface area contributed by atoms with Gasteiger partial charge in [-0.3, -0.25) is 0 Å². The van der Waals surface area contributed by atoms with Gasteiger partial charge >= 0.3 is 0 Å². The number of hydrogen-bond donors (Lipinski definition) is 10. The van der Waals surface area contributed by atoms with Crippen molar-refractivity contribution in [2.75, 3.05) is 19.8 Å². The van der Waals surface area contributed by atoms with Gasteiger partial charge in [-0.05, 0) is 12.1 Å². The number of rotatable bonds is 9. The predicted octanol–water partition coefficient (Wildman–Crippen LogP) is -2.40. The first-order valence-corrected chi connectivity index (χ1v) is 16.0. The Bertz CT molecular complexity index is 921. The molecule has 3 fully saturated rings. The van der Waals surface area contributed by atoms with Crippen LogP contribution in [0.25, 0.3) is 0 Å². The summed E-state index contributed by atoms with van der Waals surface area (Å²) in [5.74, 6) is 0. The summed E-state index contributed by atoms with van der Waals surface area (Å²) < 4.78 is 17.7. The number of aliphatic hydroxyl groups is 9. The standard InChI is InChI=1S/C24H36O12S4/c25-6-10-13(28)16(31)19(37)22(34-10)39-21-18(33)15(30)12(8-27)36-24(21)40-20-17(32)14(29)11(7-26)35-23(20)38-9-4-2-1-3-5-9/h1-5,10-33,37H,6-8H2/t10-,11-,12-,13-,14-,15-,16+,17+,18+,19+,20+,21+,22-,23-,24-/m1/s1. The molecule has 0 spiro atoms. The Balaban J connectivity index is 1.60. The van der Waals surface area contributed by atoms with Crippen molar-refractivity contribution in [3.05, 3.63) is 30.3 Å². The smallest absolute Gasteiger partial charge is 0.122 e. The minimum atomic E-state index is -1.49. The zero-order valence-electron chi connectivity index (χ0n) is 21.1. The minimum absolute atomic E-state index is 0.528. The van der Waals surface area contributed by atoms with Crippen LogP contribution < -0.4 is 0 Å². The molecule has 0 bridgehead atoms. The summed E-state index contributed by atoms with van der Waals surface area (Å²) in [7, 11) is 0. The van der Waals surface area contributed by atoms with E-state index in [1.54, 1.807) is 0 Å². The lowest BCUT2D eigenvalue weighted by atomic mass is 10.0. The van der Waals surface area contributed by atoms with Crippen LogP contribution in [-0.4, -0.2) is 153 Å². The molecule has 9 N–H and O–H groups in total. The van der Waals surface area contributed by atoms with Crippen molar-refractivity contribution < 1.29 is 60.2 Å². The maximum Gasteiger partial charge on any atom is 0.122 e. The van der Waals surface area contributed by atoms with Crippen molar-refractivity contribution in [3.8, 4) is 0 Å². The lowest BCUT2D eigenvalue weighted by Crippen LogP contribution is -2.61. The van der Waals surface area contributed by atoms with Gasteiger partial charge in [0.1, 0.15) is 52.9 Å². The number of ether oxygens (including phenoxy) is 3. The van der Waals surface area contributed by atoms with Gasteiger partial charge < -0.3 is 60.2 Å². The average molecular weight is 645 g/mol. The first-order valence-electron chi connectivity index (χ1n) is 12.7. The van der Waals surface area contributed by atoms with E-state index < -0.39 is 107 Å². The number of benzene rings is 1. The summed E-state index contributed by atoms with van der Waals surface area (Å²) in [6.45, 7) is -1.72. The van der Waals surface area contributed by atoms with Gasteiger partial charge in [0.05, 0.1) is 53.9 Å². The zero-order valence-corrected chi connectivity index (χ0v) is 24.4. The van der Waals surface area contributed by atoms with E-state index in [9.17, 15) is 46.0 Å². The monoisotopic (exact) mass is 644 g/mol. The Kier molecular flexibility index (Phi) is 12.2. The fourth-order valence-electron chi connectivity index (χ4n) is 4.73. The van der Waals surface area contributed by atoms with Crippen molar-refractivity contribution >= 4 is 47.9 Å². The molecule has 3 heterocycles. The molecule has 1 aromatic carbocycles. The highest BCUT2D eigenvalue weighted by Gasteiger charge is 2.53. The Hall–Kier alpha value is 0.140. The fourth-order valence-corrected chi connectivity index (χ4v) is 9.71. The summed E-state index contributed by atoms with van der Waals surface area (Å²) in [6.07, 6.45) is -11.9. The number of thioether (sulfide) groups is 3. The largest absolute Gasteiger partial charge is 0.394 e. The molecule has 0 amide bonds. The van der Waals surface area contributed by atoms with Gasteiger partial charge in [-0.1, -0.05) is 30.0 Å². The molecule has 0 aromatic heterocycles. The lowest BCUT2D eigenvalue weighted by molar-refractivity contribution is -0.162. The molecule has 228 valence electrons. The average Bonchev–Trinajstić information content (AvgIpc) is 2.96. The SMILES string of the molecule is OC[C@H]1O[C@H](S[C@H]2[C@@H](O)[C@H](O)[C@@H](CO)O[C@@H]2S[C@H]2[C@@H](O)[C@H](O)[C@@H](CO)O[C@@H]2Sc2ccccc2)[C@@H](S)[C@@H](O)[C@@H]1O. The fraction of sp³-hybridized carbons (Fsp3) is 0.750. The van der Waals surface area contributed by atoms with Crippen LogP contribution in [0.15, 0.2) is 35.2 Å². The molecule has 15 atom stereocenters. The van der Waals surface area contributed by atoms with E-state index >= 15 is 0 Å². The van der Waals surface area contributed by atoms with E-state index in [1.165, 1.54) is 11.8 Å². The van der Waals surface area contributed by atoms with Crippen LogP contribution in [0.2, 0.25) is 0 Å². The van der Waals surface area contributed by atoms with E-state index in [4.69, 9.17) is 14.2 Å². The van der Waals surface area contributed by atoms with Crippen LogP contribution in [0.4, 0.5) is 0 Å². The van der Waals surface area contributed by atoms with Crippen LogP contribution >= 0.6 is 47.9 Å². The molecule has 3 aliphatic heterocycles. The Morgan fingerprint density at radius 1 is 0.575 bits per heavy atom. The molecule has 3 saturated heterocycles. The summed E-state index contributed by atoms with van der Waals surface area (Å²) in [6, 6.07) is 9.16. The molecule has 16 heteroatoms. The van der Waals surface area contributed by atoms with Crippen LogP contribution in [0.3, 0.4) is 0 Å². The topological polar surface area (TPSA) is 210 Å². The van der Waals surface area contributed by atoms with Gasteiger partial charge in [-0.15, -0.1) is 23.5 Å². The van der Waals surface area contributed by atoms with Crippen molar-refractivity contribution in [3.63, 3.8) is 0 Å². The Morgan fingerprint density at radius 3 is 1.52 bits per heavy atom. The van der Waals surface area contributed by atoms with Gasteiger partial charge in [0.15, 0.2) is 0 Å². The van der Waals surface area contributed by atoms with Crippen LogP contribution in [-0.2, 0) is 14.2 Å². The molecule has 12 nitrogen and oxygen atoms in total. The predicted molar refractivity (Wildman–Crippen MR) is 151 cm³/mol. The van der Waals surface area contributed by atoms with Crippen LogP contribution in [0, 0.1) is 0 Å². The van der Waals surface area contributed by atoms with Crippen molar-refractivity contribution in [1.29, 1.82) is 0 Å². The highest BCUT2D eigenvalue weighted by atomic mass is 32.2. The molecule has 0 aliphatic carbocycles. The molecule has 0 saturated carbocycles. The maximum absolute atomic E-state index is 11.1. The van der Waals surface area contributed by atoms with Crippen molar-refractivity contribution in [2.45, 2.75) is 91.9 Å². The minimum Gasteiger partial charge on any atom is -0.394 e. The summed E-state index contributed by atoms with van der Waals surface area (Å²) in [5, 5.41) is 90.5. The van der Waals surface area contributed by atoms with E-state index in [0.717, 1.165) is 28.4 Å². The van der Waals surface area contributed by atoms with Gasteiger partial charge in [0.2, 0.25) is 0 Å². The zero-order chi connectivity index (χ0) is 29.1. The Labute approximate surface area is 249 Å². The maximum atomic E-state index is 11.1. The van der Waals surface area contributed by atoms with Gasteiger partial charge in [-0.2, -0.15) is 12.6 Å². The summed E-state index contributed by atoms with van der Waals surface area (Å²) in [5.41, 5.74) is -2.76. The normalized spacial score (nSPS) is 46.3. The van der Waals surface area contributed by atoms with E-state index in [1.807, 2.05) is 30.3 Å². The third-order valence-electron chi connectivity index (χ3n) is 7.08. The summed E-state index contributed by atoms with van der Waals surface area (Å²) in [4.78, 5) is 0.800.